The molecule has 24 heavy (non-hydrogen) atoms. The number of benzene rings is 1. The van der Waals surface area contributed by atoms with Crippen molar-refractivity contribution >= 4 is 5.69 Å². The third-order valence-corrected chi connectivity index (χ3v) is 4.24. The lowest BCUT2D eigenvalue weighted by molar-refractivity contribution is -0.0253. The molecule has 1 fully saturated rings. The van der Waals surface area contributed by atoms with Crippen LogP contribution in [0.2, 0.25) is 1.41 Å². The quantitative estimate of drug-likeness (QED) is 0.564. The maximum atomic E-state index is 8.08. The van der Waals surface area contributed by atoms with Crippen molar-refractivity contribution in [3.63, 3.8) is 0 Å². The number of hydrogen-bond donors (Lipinski definition) is 2. The molecule has 2 atom stereocenters. The Morgan fingerprint density at radius 1 is 1.17 bits per heavy atom. The van der Waals surface area contributed by atoms with Gasteiger partial charge in [0.15, 0.2) is 0 Å². The van der Waals surface area contributed by atoms with Gasteiger partial charge in [0.25, 0.3) is 0 Å². The molecule has 0 radical (unpaired) electrons. The van der Waals surface area contributed by atoms with Gasteiger partial charge in [-0.2, -0.15) is 0 Å². The van der Waals surface area contributed by atoms with E-state index in [1.54, 1.807) is 5.31 Å². The number of ether oxygens (including phenoxy) is 3. The highest BCUT2D eigenvalue weighted by molar-refractivity contribution is 5.41. The Morgan fingerprint density at radius 2 is 1.88 bits per heavy atom. The SMILES string of the molecule is [2H]N1CCC(OCCOCCOc2ccc(N)cc2)CC1C(C)(C)C. The molecule has 0 aromatic heterocycles. The first-order valence-electron chi connectivity index (χ1n) is 9.24. The van der Waals surface area contributed by atoms with Crippen LogP contribution in [0.3, 0.4) is 0 Å². The summed E-state index contributed by atoms with van der Waals surface area (Å²) in [6, 6.07) is 7.57. The van der Waals surface area contributed by atoms with Gasteiger partial charge in [-0.05, 0) is 49.1 Å². The molecule has 2 unspecified atom stereocenters. The standard InChI is InChI=1S/C19H32N2O3/c1-19(2,3)18-14-17(8-9-21-18)24-13-11-22-10-12-23-16-6-4-15(20)5-7-16/h4-7,17-18,21H,8-14,20H2,1-3H3/i/hD. The highest BCUT2D eigenvalue weighted by Gasteiger charge is 2.30. The third kappa shape index (κ3) is 6.67. The number of rotatable bonds is 8. The second-order valence-corrected chi connectivity index (χ2v) is 7.34. The van der Waals surface area contributed by atoms with E-state index in [4.69, 9.17) is 21.4 Å². The van der Waals surface area contributed by atoms with E-state index in [9.17, 15) is 0 Å². The lowest BCUT2D eigenvalue weighted by atomic mass is 9.81. The Morgan fingerprint density at radius 3 is 2.58 bits per heavy atom. The largest absolute Gasteiger partial charge is 0.491 e. The molecule has 2 rings (SSSR count). The summed E-state index contributed by atoms with van der Waals surface area (Å²) in [6.45, 7) is 9.51. The van der Waals surface area contributed by atoms with Crippen molar-refractivity contribution in [3.8, 4) is 5.75 Å². The Bertz CT molecular complexity index is 504. The van der Waals surface area contributed by atoms with Crippen LogP contribution >= 0.6 is 0 Å². The molecule has 3 N–H and O–H groups in total. The third-order valence-electron chi connectivity index (χ3n) is 4.24. The van der Waals surface area contributed by atoms with Gasteiger partial charge in [0.05, 0.1) is 25.9 Å². The molecule has 0 saturated carbocycles. The van der Waals surface area contributed by atoms with Crippen molar-refractivity contribution in [1.29, 1.82) is 0 Å². The van der Waals surface area contributed by atoms with Gasteiger partial charge in [0.2, 0.25) is 0 Å². The summed E-state index contributed by atoms with van der Waals surface area (Å²) in [7, 11) is 0. The Balaban J connectivity index is 1.55. The predicted octanol–water partition coefficient (Wildman–Crippen LogP) is 2.85. The van der Waals surface area contributed by atoms with Gasteiger partial charge in [0, 0.05) is 11.7 Å². The highest BCUT2D eigenvalue weighted by atomic mass is 16.5. The zero-order valence-corrected chi connectivity index (χ0v) is 15.2. The van der Waals surface area contributed by atoms with Gasteiger partial charge in [-0.3, -0.25) is 0 Å². The number of anilines is 1. The zero-order valence-electron chi connectivity index (χ0n) is 16.2. The molecule has 1 saturated heterocycles. The molecule has 1 aromatic carbocycles. The first kappa shape index (κ1) is 17.5. The molecule has 5 heteroatoms. The zero-order chi connectivity index (χ0) is 18.3. The summed E-state index contributed by atoms with van der Waals surface area (Å²) in [5, 5.41) is 1.71. The van der Waals surface area contributed by atoms with Gasteiger partial charge >= 0.3 is 0 Å². The average molecular weight is 337 g/mol. The van der Waals surface area contributed by atoms with E-state index < -0.39 is 0 Å². The van der Waals surface area contributed by atoms with Gasteiger partial charge < -0.3 is 25.3 Å². The van der Waals surface area contributed by atoms with Crippen LogP contribution in [0.4, 0.5) is 5.69 Å². The van der Waals surface area contributed by atoms with Crippen LogP contribution < -0.4 is 15.8 Å². The van der Waals surface area contributed by atoms with Gasteiger partial charge in [-0.15, -0.1) is 0 Å². The smallest absolute Gasteiger partial charge is 0.122 e. The van der Waals surface area contributed by atoms with Gasteiger partial charge in [-0.25, -0.2) is 0 Å². The summed E-state index contributed by atoms with van der Waals surface area (Å²) < 4.78 is 25.2. The maximum absolute atomic E-state index is 8.08. The molecule has 0 spiro atoms. The first-order chi connectivity index (χ1) is 11.9. The van der Waals surface area contributed by atoms with Gasteiger partial charge in [-0.1, -0.05) is 20.8 Å². The summed E-state index contributed by atoms with van der Waals surface area (Å²) in [5.41, 5.74) is 6.45. The summed E-state index contributed by atoms with van der Waals surface area (Å²) >= 11 is 0. The molecule has 5 nitrogen and oxygen atoms in total. The molecular weight excluding hydrogens is 304 g/mol. The average Bonchev–Trinajstić information content (AvgIpc) is 2.56. The van der Waals surface area contributed by atoms with Crippen LogP contribution in [0.5, 0.6) is 5.75 Å². The Labute approximate surface area is 147 Å². The van der Waals surface area contributed by atoms with Crippen molar-refractivity contribution in [2.45, 2.75) is 45.8 Å². The number of piperidine rings is 1. The van der Waals surface area contributed by atoms with Crippen LogP contribution in [0, 0.1) is 5.41 Å². The molecule has 1 aliphatic heterocycles. The predicted molar refractivity (Wildman–Crippen MR) is 97.4 cm³/mol. The fourth-order valence-corrected chi connectivity index (χ4v) is 2.75. The molecule has 0 amide bonds. The summed E-state index contributed by atoms with van der Waals surface area (Å²) in [6.07, 6.45) is 2.05. The van der Waals surface area contributed by atoms with Crippen LogP contribution in [-0.4, -0.2) is 45.1 Å². The first-order valence-corrected chi connectivity index (χ1v) is 8.79. The van der Waals surface area contributed by atoms with Crippen LogP contribution in [0.25, 0.3) is 0 Å². The van der Waals surface area contributed by atoms with Crippen molar-refractivity contribution < 1.29 is 15.6 Å². The van der Waals surface area contributed by atoms with E-state index in [2.05, 4.69) is 20.8 Å². The van der Waals surface area contributed by atoms with E-state index in [0.717, 1.165) is 30.8 Å². The van der Waals surface area contributed by atoms with Crippen molar-refractivity contribution in [2.24, 2.45) is 5.41 Å². The monoisotopic (exact) mass is 337 g/mol. The number of hydrogen-bond acceptors (Lipinski definition) is 5. The normalized spacial score (nSPS) is 23.0. The fraction of sp³-hybridized carbons (Fsp3) is 0.684. The lowest BCUT2D eigenvalue weighted by Crippen LogP contribution is -2.48. The molecule has 1 aliphatic rings. The molecule has 136 valence electrons. The molecule has 1 aromatic rings. The maximum Gasteiger partial charge on any atom is 0.122 e. The van der Waals surface area contributed by atoms with E-state index in [-0.39, 0.29) is 17.6 Å². The van der Waals surface area contributed by atoms with Crippen molar-refractivity contribution in [3.05, 3.63) is 24.3 Å². The van der Waals surface area contributed by atoms with Crippen molar-refractivity contribution in [1.82, 2.24) is 5.31 Å². The molecule has 0 aliphatic carbocycles. The highest BCUT2D eigenvalue weighted by Crippen LogP contribution is 2.27. The number of nitrogens with two attached hydrogens (primary N) is 1. The number of nitrogens with one attached hydrogen (secondary N) is 1. The second kappa shape index (κ2) is 9.25. The van der Waals surface area contributed by atoms with Gasteiger partial charge in [0.1, 0.15) is 13.8 Å². The lowest BCUT2D eigenvalue weighted by Gasteiger charge is -2.38. The Kier molecular flexibility index (Phi) is 6.75. The van der Waals surface area contributed by atoms with Crippen LogP contribution in [0.15, 0.2) is 24.3 Å². The minimum absolute atomic E-state index is 0.0969. The second-order valence-electron chi connectivity index (χ2n) is 7.34. The Hall–Kier alpha value is -1.30. The van der Waals surface area contributed by atoms with Crippen LogP contribution in [0.1, 0.15) is 33.6 Å². The van der Waals surface area contributed by atoms with E-state index in [1.807, 2.05) is 24.3 Å². The van der Waals surface area contributed by atoms with Crippen molar-refractivity contribution in [2.75, 3.05) is 38.7 Å². The van der Waals surface area contributed by atoms with Crippen LogP contribution in [-0.2, 0) is 9.47 Å². The number of nitrogen functional groups attached to an aromatic ring is 1. The summed E-state index contributed by atoms with van der Waals surface area (Å²) in [5.74, 6) is 0.796. The van der Waals surface area contributed by atoms with E-state index in [0.29, 0.717) is 26.4 Å². The minimum Gasteiger partial charge on any atom is -0.491 e. The topological polar surface area (TPSA) is 65.7 Å². The molecule has 1 heterocycles. The summed E-state index contributed by atoms with van der Waals surface area (Å²) in [4.78, 5) is 0. The van der Waals surface area contributed by atoms with E-state index in [1.165, 1.54) is 0 Å². The molecule has 0 bridgehead atoms. The fourth-order valence-electron chi connectivity index (χ4n) is 2.75. The molecular formula is C19H32N2O3. The minimum atomic E-state index is 0.0969. The van der Waals surface area contributed by atoms with E-state index >= 15 is 0 Å².